The zero-order valence-electron chi connectivity index (χ0n) is 7.90. The largest absolute Gasteiger partial charge is 0.468 e. The quantitative estimate of drug-likeness (QED) is 0.486. The lowest BCUT2D eigenvalue weighted by atomic mass is 10.0. The van der Waals surface area contributed by atoms with Crippen LogP contribution in [-0.2, 0) is 9.53 Å². The predicted octanol–water partition coefficient (Wildman–Crippen LogP) is 0.702. The average Bonchev–Trinajstić information content (AvgIpc) is 2.92. The first-order chi connectivity index (χ1) is 6.26. The van der Waals surface area contributed by atoms with Gasteiger partial charge in [-0.15, -0.1) is 9.24 Å². The van der Waals surface area contributed by atoms with Crippen LogP contribution in [0.5, 0.6) is 0 Å². The van der Waals surface area contributed by atoms with Crippen molar-refractivity contribution in [3.05, 3.63) is 0 Å². The summed E-state index contributed by atoms with van der Waals surface area (Å²) in [6, 6.07) is 0.0197. The Balaban J connectivity index is 2.01. The van der Waals surface area contributed by atoms with Crippen LogP contribution in [0.4, 0.5) is 0 Å². The molecule has 4 unspecified atom stereocenters. The van der Waals surface area contributed by atoms with Crippen LogP contribution in [-0.4, -0.2) is 36.9 Å². The lowest BCUT2D eigenvalue weighted by molar-refractivity contribution is -0.147. The molecule has 2 aliphatic rings. The van der Waals surface area contributed by atoms with Crippen LogP contribution in [0.15, 0.2) is 0 Å². The van der Waals surface area contributed by atoms with Gasteiger partial charge >= 0.3 is 5.97 Å². The van der Waals surface area contributed by atoms with Crippen LogP contribution < -0.4 is 0 Å². The molecule has 0 aromatic rings. The Kier molecular flexibility index (Phi) is 2.57. The normalized spacial score (nSPS) is 38.2. The summed E-state index contributed by atoms with van der Waals surface area (Å²) in [6.45, 7) is 1.08. The Hall–Kier alpha value is -0.140. The Bertz CT molecular complexity index is 222. The number of likely N-dealkylation sites (tertiary alicyclic amines) is 1. The Morgan fingerprint density at radius 1 is 1.54 bits per heavy atom. The maximum atomic E-state index is 11.4. The van der Waals surface area contributed by atoms with Gasteiger partial charge in [-0.2, -0.15) is 0 Å². The van der Waals surface area contributed by atoms with Gasteiger partial charge in [-0.05, 0) is 24.7 Å². The number of rotatable bonds is 2. The van der Waals surface area contributed by atoms with Crippen molar-refractivity contribution in [1.29, 1.82) is 0 Å². The van der Waals surface area contributed by atoms with Gasteiger partial charge in [0, 0.05) is 12.8 Å². The number of esters is 1. The van der Waals surface area contributed by atoms with Crippen LogP contribution in [0, 0.1) is 11.8 Å². The van der Waals surface area contributed by atoms with E-state index in [-0.39, 0.29) is 12.0 Å². The second-order valence-electron chi connectivity index (χ2n) is 3.98. The first-order valence-electron chi connectivity index (χ1n) is 4.78. The summed E-state index contributed by atoms with van der Waals surface area (Å²) >= 11 is 0. The van der Waals surface area contributed by atoms with Crippen LogP contribution in [0.3, 0.4) is 0 Å². The van der Waals surface area contributed by atoms with E-state index >= 15 is 0 Å². The third-order valence-electron chi connectivity index (χ3n) is 3.21. The summed E-state index contributed by atoms with van der Waals surface area (Å²) in [5.41, 5.74) is 0. The highest BCUT2D eigenvalue weighted by atomic mass is 31.0. The highest BCUT2D eigenvalue weighted by Crippen LogP contribution is 2.47. The second kappa shape index (κ2) is 3.55. The maximum absolute atomic E-state index is 11.4. The minimum atomic E-state index is -0.0622. The van der Waals surface area contributed by atoms with Gasteiger partial charge in [0.2, 0.25) is 0 Å². The van der Waals surface area contributed by atoms with Crippen molar-refractivity contribution in [3.8, 4) is 0 Å². The molecule has 0 N–H and O–H groups in total. The summed E-state index contributed by atoms with van der Waals surface area (Å²) in [5.74, 6) is 1.60. The molecule has 0 bridgehead atoms. The monoisotopic (exact) mass is 201 g/mol. The van der Waals surface area contributed by atoms with Gasteiger partial charge in [0.05, 0.1) is 7.11 Å². The summed E-state index contributed by atoms with van der Waals surface area (Å²) in [6.07, 6.45) is 3.20. The van der Waals surface area contributed by atoms with E-state index in [1.54, 1.807) is 0 Å². The first-order valence-corrected chi connectivity index (χ1v) is 5.60. The summed E-state index contributed by atoms with van der Waals surface area (Å²) < 4.78 is 4.80. The minimum Gasteiger partial charge on any atom is -0.468 e. The number of carbonyl (C=O) groups excluding carboxylic acids is 1. The van der Waals surface area contributed by atoms with Gasteiger partial charge in [-0.1, -0.05) is 0 Å². The first kappa shape index (κ1) is 9.42. The van der Waals surface area contributed by atoms with Crippen molar-refractivity contribution in [2.24, 2.45) is 11.8 Å². The molecule has 4 heteroatoms. The fourth-order valence-electron chi connectivity index (χ4n) is 2.27. The molecular weight excluding hydrogens is 185 g/mol. The average molecular weight is 201 g/mol. The van der Waals surface area contributed by atoms with E-state index in [1.165, 1.54) is 13.5 Å². The number of methoxy groups -OCH3 is 1. The molecule has 2 rings (SSSR count). The molecule has 0 amide bonds. The Labute approximate surface area is 81.0 Å². The molecule has 1 saturated heterocycles. The van der Waals surface area contributed by atoms with Crippen molar-refractivity contribution in [3.63, 3.8) is 0 Å². The maximum Gasteiger partial charge on any atom is 0.323 e. The molecule has 13 heavy (non-hydrogen) atoms. The van der Waals surface area contributed by atoms with E-state index in [0.717, 1.165) is 31.1 Å². The molecule has 0 spiro atoms. The highest BCUT2D eigenvalue weighted by Gasteiger charge is 2.47. The molecule has 1 saturated carbocycles. The third kappa shape index (κ3) is 1.72. The fraction of sp³-hybridized carbons (Fsp3) is 0.889. The van der Waals surface area contributed by atoms with Crippen LogP contribution in [0.2, 0.25) is 0 Å². The number of nitrogens with zero attached hydrogens (tertiary/aromatic N) is 1. The van der Waals surface area contributed by atoms with Crippen molar-refractivity contribution in [2.45, 2.75) is 18.9 Å². The standard InChI is InChI=1S/C9H16NO2P/c1-12-9(11)8-3-6-2-7(6)4-10(8)5-13/h6-8H,2-5,13H2,1H3. The van der Waals surface area contributed by atoms with Gasteiger partial charge in [0.1, 0.15) is 6.04 Å². The van der Waals surface area contributed by atoms with Gasteiger partial charge in [-0.25, -0.2) is 0 Å². The number of hydrogen-bond acceptors (Lipinski definition) is 3. The lowest BCUT2D eigenvalue weighted by Crippen LogP contribution is -2.45. The van der Waals surface area contributed by atoms with E-state index in [9.17, 15) is 4.79 Å². The van der Waals surface area contributed by atoms with Crippen LogP contribution >= 0.6 is 9.24 Å². The van der Waals surface area contributed by atoms with E-state index in [2.05, 4.69) is 14.1 Å². The van der Waals surface area contributed by atoms with Gasteiger partial charge in [0.25, 0.3) is 0 Å². The van der Waals surface area contributed by atoms with Crippen LogP contribution in [0.1, 0.15) is 12.8 Å². The number of piperidine rings is 1. The fourth-order valence-corrected chi connectivity index (χ4v) is 2.67. The molecular formula is C9H16NO2P. The Morgan fingerprint density at radius 2 is 2.31 bits per heavy atom. The third-order valence-corrected chi connectivity index (χ3v) is 3.68. The predicted molar refractivity (Wildman–Crippen MR) is 53.3 cm³/mol. The molecule has 0 aromatic heterocycles. The molecule has 74 valence electrons. The zero-order valence-corrected chi connectivity index (χ0v) is 9.06. The molecule has 0 radical (unpaired) electrons. The van der Waals surface area contributed by atoms with E-state index < -0.39 is 0 Å². The van der Waals surface area contributed by atoms with Gasteiger partial charge in [0.15, 0.2) is 0 Å². The number of hydrogen-bond donors (Lipinski definition) is 0. The molecule has 1 aliphatic heterocycles. The van der Waals surface area contributed by atoms with Crippen LogP contribution in [0.25, 0.3) is 0 Å². The molecule has 1 aliphatic carbocycles. The summed E-state index contributed by atoms with van der Waals surface area (Å²) in [4.78, 5) is 13.6. The topological polar surface area (TPSA) is 29.5 Å². The summed E-state index contributed by atoms with van der Waals surface area (Å²) in [5, 5.41) is 0. The van der Waals surface area contributed by atoms with Gasteiger partial charge in [-0.3, -0.25) is 9.69 Å². The summed E-state index contributed by atoms with van der Waals surface area (Å²) in [7, 11) is 4.16. The molecule has 1 heterocycles. The molecule has 0 aromatic carbocycles. The zero-order chi connectivity index (χ0) is 9.42. The van der Waals surface area contributed by atoms with E-state index in [1.807, 2.05) is 0 Å². The van der Waals surface area contributed by atoms with Crippen molar-refractivity contribution in [2.75, 3.05) is 19.9 Å². The van der Waals surface area contributed by atoms with E-state index in [4.69, 9.17) is 4.74 Å². The van der Waals surface area contributed by atoms with Crippen molar-refractivity contribution >= 4 is 15.2 Å². The van der Waals surface area contributed by atoms with Gasteiger partial charge < -0.3 is 4.74 Å². The molecule has 3 nitrogen and oxygen atoms in total. The number of carbonyl (C=O) groups is 1. The SMILES string of the molecule is COC(=O)C1CC2CC2CN1CP. The van der Waals surface area contributed by atoms with E-state index in [0.29, 0.717) is 0 Å². The van der Waals surface area contributed by atoms with Crippen molar-refractivity contribution in [1.82, 2.24) is 4.90 Å². The highest BCUT2D eigenvalue weighted by molar-refractivity contribution is 7.16. The van der Waals surface area contributed by atoms with Crippen molar-refractivity contribution < 1.29 is 9.53 Å². The molecule has 2 fully saturated rings. The lowest BCUT2D eigenvalue weighted by Gasteiger charge is -2.32. The Morgan fingerprint density at radius 3 is 2.92 bits per heavy atom. The minimum absolute atomic E-state index is 0.0197. The smallest absolute Gasteiger partial charge is 0.323 e. The number of ether oxygens (including phenoxy) is 1. The second-order valence-corrected chi connectivity index (χ2v) is 4.35. The molecule has 4 atom stereocenters. The number of fused-ring (bicyclic) bond motifs is 1.